The van der Waals surface area contributed by atoms with Crippen LogP contribution in [-0.4, -0.2) is 37.1 Å². The number of rotatable bonds is 2. The van der Waals surface area contributed by atoms with Crippen molar-refractivity contribution >= 4 is 9.84 Å². The zero-order valence-electron chi connectivity index (χ0n) is 8.48. The summed E-state index contributed by atoms with van der Waals surface area (Å²) in [5, 5.41) is 8.94. The van der Waals surface area contributed by atoms with Crippen molar-refractivity contribution in [3.05, 3.63) is 30.3 Å². The van der Waals surface area contributed by atoms with Gasteiger partial charge in [-0.2, -0.15) is 0 Å². The topological polar surface area (TPSA) is 66.9 Å². The molecule has 1 aromatic rings. The highest BCUT2D eigenvalue weighted by molar-refractivity contribution is 7.92. The predicted molar refractivity (Wildman–Crippen MR) is 56.7 cm³/mol. The molecule has 4 atom stereocenters. The average molecular weight is 240 g/mol. The number of aliphatic hydroxyl groups excluding tert-OH is 1. The number of hydrogen-bond donors (Lipinski definition) is 1. The predicted octanol–water partition coefficient (Wildman–Crippen LogP) is 0.361. The summed E-state index contributed by atoms with van der Waals surface area (Å²) in [5.41, 5.74) is 0. The highest BCUT2D eigenvalue weighted by Gasteiger charge is 2.60. The van der Waals surface area contributed by atoms with Gasteiger partial charge in [0.2, 0.25) is 0 Å². The Balaban J connectivity index is 2.00. The van der Waals surface area contributed by atoms with Gasteiger partial charge in [0.25, 0.3) is 0 Å². The molecule has 4 nitrogen and oxygen atoms in total. The molecule has 0 bridgehead atoms. The molecule has 1 aromatic carbocycles. The summed E-state index contributed by atoms with van der Waals surface area (Å²) in [7, 11) is -3.47. The number of hydrogen-bond acceptors (Lipinski definition) is 4. The minimum atomic E-state index is -3.47. The first kappa shape index (κ1) is 10.3. The number of sulfone groups is 1. The fourth-order valence-corrected chi connectivity index (χ4v) is 4.34. The van der Waals surface area contributed by atoms with Crippen molar-refractivity contribution in [1.82, 2.24) is 0 Å². The zero-order chi connectivity index (χ0) is 11.3. The third-order valence-electron chi connectivity index (χ3n) is 3.23. The molecule has 0 radical (unpaired) electrons. The second-order valence-electron chi connectivity index (χ2n) is 4.26. The van der Waals surface area contributed by atoms with Crippen LogP contribution in [0.5, 0.6) is 0 Å². The number of ether oxygens (including phenoxy) is 1. The van der Waals surface area contributed by atoms with Crippen LogP contribution in [0.15, 0.2) is 35.2 Å². The number of fused-ring (bicyclic) bond motifs is 1. The van der Waals surface area contributed by atoms with Crippen LogP contribution in [0.2, 0.25) is 0 Å². The van der Waals surface area contributed by atoms with E-state index in [0.29, 0.717) is 6.42 Å². The van der Waals surface area contributed by atoms with E-state index in [1.54, 1.807) is 30.3 Å². The van der Waals surface area contributed by atoms with E-state index in [-0.39, 0.29) is 17.1 Å². The Morgan fingerprint density at radius 1 is 1.25 bits per heavy atom. The van der Waals surface area contributed by atoms with E-state index in [1.165, 1.54) is 0 Å². The summed E-state index contributed by atoms with van der Waals surface area (Å²) in [4.78, 5) is 0.259. The maximum Gasteiger partial charge on any atom is 0.186 e. The Morgan fingerprint density at radius 2 is 1.94 bits per heavy atom. The monoisotopic (exact) mass is 240 g/mol. The van der Waals surface area contributed by atoms with E-state index in [1.807, 2.05) is 0 Å². The Kier molecular flexibility index (Phi) is 2.11. The molecule has 0 amide bonds. The molecule has 1 heterocycles. The quantitative estimate of drug-likeness (QED) is 0.758. The van der Waals surface area contributed by atoms with Crippen LogP contribution in [0.4, 0.5) is 0 Å². The Labute approximate surface area is 93.8 Å². The molecule has 5 heteroatoms. The molecule has 0 unspecified atom stereocenters. The summed E-state index contributed by atoms with van der Waals surface area (Å²) in [5.74, 6) is 0. The maximum atomic E-state index is 12.2. The first-order valence-electron chi connectivity index (χ1n) is 5.23. The van der Waals surface area contributed by atoms with Gasteiger partial charge in [-0.1, -0.05) is 18.2 Å². The van der Waals surface area contributed by atoms with Crippen LogP contribution in [0.3, 0.4) is 0 Å². The SMILES string of the molecule is O=S(=O)(c1ccccc1)[C@H]1[C@H]2O[C@H]2C[C@@H]1O. The van der Waals surface area contributed by atoms with Gasteiger partial charge in [-0.15, -0.1) is 0 Å². The van der Waals surface area contributed by atoms with Crippen LogP contribution < -0.4 is 0 Å². The third-order valence-corrected chi connectivity index (χ3v) is 5.46. The summed E-state index contributed by atoms with van der Waals surface area (Å²) in [6.45, 7) is 0. The Morgan fingerprint density at radius 3 is 2.50 bits per heavy atom. The summed E-state index contributed by atoms with van der Waals surface area (Å²) < 4.78 is 29.7. The lowest BCUT2D eigenvalue weighted by molar-refractivity contribution is 0.132. The molecule has 1 saturated heterocycles. The van der Waals surface area contributed by atoms with Gasteiger partial charge in [-0.05, 0) is 12.1 Å². The van der Waals surface area contributed by atoms with Crippen molar-refractivity contribution in [3.63, 3.8) is 0 Å². The maximum absolute atomic E-state index is 12.2. The van der Waals surface area contributed by atoms with E-state index in [9.17, 15) is 13.5 Å². The van der Waals surface area contributed by atoms with E-state index >= 15 is 0 Å². The molecule has 2 aliphatic rings. The lowest BCUT2D eigenvalue weighted by Crippen LogP contribution is -2.34. The van der Waals surface area contributed by atoms with Gasteiger partial charge in [-0.25, -0.2) is 8.42 Å². The molecule has 86 valence electrons. The first-order chi connectivity index (χ1) is 7.60. The van der Waals surface area contributed by atoms with Crippen molar-refractivity contribution in [2.45, 2.75) is 34.9 Å². The van der Waals surface area contributed by atoms with Crippen LogP contribution in [0.25, 0.3) is 0 Å². The fourth-order valence-electron chi connectivity index (χ4n) is 2.38. The minimum Gasteiger partial charge on any atom is -0.392 e. The Hall–Kier alpha value is -0.910. The van der Waals surface area contributed by atoms with Crippen LogP contribution in [-0.2, 0) is 14.6 Å². The van der Waals surface area contributed by atoms with Crippen molar-refractivity contribution < 1.29 is 18.3 Å². The second kappa shape index (κ2) is 3.29. The van der Waals surface area contributed by atoms with E-state index in [4.69, 9.17) is 4.74 Å². The van der Waals surface area contributed by atoms with Crippen molar-refractivity contribution in [1.29, 1.82) is 0 Å². The average Bonchev–Trinajstić information content (AvgIpc) is 2.91. The van der Waals surface area contributed by atoms with Gasteiger partial charge >= 0.3 is 0 Å². The summed E-state index contributed by atoms with van der Waals surface area (Å²) >= 11 is 0. The van der Waals surface area contributed by atoms with Gasteiger partial charge < -0.3 is 9.84 Å². The molecule has 3 rings (SSSR count). The van der Waals surface area contributed by atoms with Crippen molar-refractivity contribution in [2.75, 3.05) is 0 Å². The minimum absolute atomic E-state index is 0.0570. The van der Waals surface area contributed by atoms with E-state index in [2.05, 4.69) is 0 Å². The molecule has 0 aromatic heterocycles. The molecular formula is C11H12O4S. The van der Waals surface area contributed by atoms with Gasteiger partial charge in [0.05, 0.1) is 17.1 Å². The molecule has 1 saturated carbocycles. The number of benzene rings is 1. The van der Waals surface area contributed by atoms with Crippen LogP contribution in [0, 0.1) is 0 Å². The summed E-state index contributed by atoms with van der Waals surface area (Å²) in [6, 6.07) is 8.23. The van der Waals surface area contributed by atoms with Gasteiger partial charge in [0, 0.05) is 6.42 Å². The largest absolute Gasteiger partial charge is 0.392 e. The highest BCUT2D eigenvalue weighted by Crippen LogP contribution is 2.43. The smallest absolute Gasteiger partial charge is 0.186 e. The molecule has 1 aliphatic carbocycles. The molecule has 1 N–H and O–H groups in total. The standard InChI is InChI=1S/C11H12O4S/c12-8-6-9-10(15-9)11(8)16(13,14)7-4-2-1-3-5-7/h1-5,8-12H,6H2/t8-,9-,10-,11+/m0/s1. The molecule has 16 heavy (non-hydrogen) atoms. The lowest BCUT2D eigenvalue weighted by Gasteiger charge is -2.17. The van der Waals surface area contributed by atoms with Gasteiger partial charge in [0.15, 0.2) is 9.84 Å². The molecular weight excluding hydrogens is 228 g/mol. The van der Waals surface area contributed by atoms with Crippen molar-refractivity contribution in [2.24, 2.45) is 0 Å². The zero-order valence-corrected chi connectivity index (χ0v) is 9.30. The number of epoxide rings is 1. The van der Waals surface area contributed by atoms with Gasteiger partial charge in [-0.3, -0.25) is 0 Å². The third kappa shape index (κ3) is 1.39. The molecule has 1 aliphatic heterocycles. The number of aliphatic hydroxyl groups is 1. The van der Waals surface area contributed by atoms with Crippen LogP contribution >= 0.6 is 0 Å². The van der Waals surface area contributed by atoms with Crippen LogP contribution in [0.1, 0.15) is 6.42 Å². The highest BCUT2D eigenvalue weighted by atomic mass is 32.2. The van der Waals surface area contributed by atoms with Gasteiger partial charge in [0.1, 0.15) is 11.4 Å². The lowest BCUT2D eigenvalue weighted by atomic mass is 10.3. The van der Waals surface area contributed by atoms with E-state index < -0.39 is 21.2 Å². The first-order valence-corrected chi connectivity index (χ1v) is 6.78. The van der Waals surface area contributed by atoms with E-state index in [0.717, 1.165) is 0 Å². The molecule has 2 fully saturated rings. The Bertz CT molecular complexity index is 494. The molecule has 0 spiro atoms. The summed E-state index contributed by atoms with van der Waals surface area (Å²) in [6.07, 6.45) is -0.728. The fraction of sp³-hybridized carbons (Fsp3) is 0.455. The second-order valence-corrected chi connectivity index (χ2v) is 6.37. The normalized spacial score (nSPS) is 37.1. The van der Waals surface area contributed by atoms with Crippen molar-refractivity contribution in [3.8, 4) is 0 Å².